The zero-order valence-corrected chi connectivity index (χ0v) is 11.3. The summed E-state index contributed by atoms with van der Waals surface area (Å²) >= 11 is 0. The predicted octanol–water partition coefficient (Wildman–Crippen LogP) is 1.53. The van der Waals surface area contributed by atoms with Crippen molar-refractivity contribution >= 4 is 0 Å². The number of nitrogens with two attached hydrogens (primary N) is 1. The van der Waals surface area contributed by atoms with Gasteiger partial charge in [0.1, 0.15) is 0 Å². The van der Waals surface area contributed by atoms with Crippen molar-refractivity contribution in [3.63, 3.8) is 0 Å². The van der Waals surface area contributed by atoms with Crippen molar-refractivity contribution in [2.45, 2.75) is 51.6 Å². The van der Waals surface area contributed by atoms with Crippen molar-refractivity contribution in [3.8, 4) is 0 Å². The number of hydrogen-bond acceptors (Lipinski definition) is 3. The van der Waals surface area contributed by atoms with Crippen LogP contribution < -0.4 is 5.73 Å². The van der Waals surface area contributed by atoms with E-state index in [0.717, 1.165) is 13.0 Å². The topological polar surface area (TPSA) is 32.5 Å². The van der Waals surface area contributed by atoms with Gasteiger partial charge in [-0.3, -0.25) is 4.90 Å². The van der Waals surface area contributed by atoms with Crippen LogP contribution in [-0.4, -0.2) is 55.1 Å². The molecule has 0 amide bonds. The largest absolute Gasteiger partial charge is 0.327 e. The highest BCUT2D eigenvalue weighted by molar-refractivity contribution is 4.80. The smallest absolute Gasteiger partial charge is 0.0221 e. The summed E-state index contributed by atoms with van der Waals surface area (Å²) in [5.41, 5.74) is 6.16. The maximum Gasteiger partial charge on any atom is 0.0221 e. The number of nitrogens with zero attached hydrogens (tertiary/aromatic N) is 2. The monoisotopic (exact) mass is 227 g/mol. The summed E-state index contributed by atoms with van der Waals surface area (Å²) in [6.45, 7) is 9.25. The molecule has 3 heteroatoms. The quantitative estimate of drug-likeness (QED) is 0.773. The van der Waals surface area contributed by atoms with E-state index in [1.807, 2.05) is 0 Å². The average molecular weight is 227 g/mol. The Morgan fingerprint density at radius 3 is 2.69 bits per heavy atom. The molecular weight excluding hydrogens is 198 g/mol. The van der Waals surface area contributed by atoms with Crippen LogP contribution in [0.25, 0.3) is 0 Å². The Morgan fingerprint density at radius 2 is 2.06 bits per heavy atom. The molecule has 0 saturated carbocycles. The van der Waals surface area contributed by atoms with Gasteiger partial charge in [0, 0.05) is 25.2 Å². The van der Waals surface area contributed by atoms with Gasteiger partial charge in [0.2, 0.25) is 0 Å². The Balaban J connectivity index is 2.47. The van der Waals surface area contributed by atoms with Crippen LogP contribution in [0.5, 0.6) is 0 Å². The molecular formula is C13H29N3. The number of hydrogen-bond donors (Lipinski definition) is 1. The van der Waals surface area contributed by atoms with Gasteiger partial charge in [0.05, 0.1) is 0 Å². The molecule has 1 fully saturated rings. The zero-order chi connectivity index (χ0) is 12.0. The summed E-state index contributed by atoms with van der Waals surface area (Å²) in [5, 5.41) is 0. The molecule has 0 spiro atoms. The molecule has 96 valence electrons. The lowest BCUT2D eigenvalue weighted by molar-refractivity contribution is 0.171. The van der Waals surface area contributed by atoms with Gasteiger partial charge in [-0.2, -0.15) is 0 Å². The third-order valence-electron chi connectivity index (χ3n) is 3.62. The Morgan fingerprint density at radius 1 is 1.31 bits per heavy atom. The molecule has 2 atom stereocenters. The molecule has 16 heavy (non-hydrogen) atoms. The van der Waals surface area contributed by atoms with Crippen molar-refractivity contribution in [2.75, 3.05) is 33.2 Å². The third kappa shape index (κ3) is 4.40. The van der Waals surface area contributed by atoms with Crippen molar-refractivity contribution in [1.29, 1.82) is 0 Å². The van der Waals surface area contributed by atoms with E-state index in [9.17, 15) is 0 Å². The highest BCUT2D eigenvalue weighted by atomic mass is 15.2. The highest BCUT2D eigenvalue weighted by Crippen LogP contribution is 2.12. The first-order valence-electron chi connectivity index (χ1n) is 6.85. The zero-order valence-electron chi connectivity index (χ0n) is 11.3. The molecule has 0 radical (unpaired) electrons. The number of likely N-dealkylation sites (N-methyl/N-ethyl adjacent to an activating group) is 1. The SMILES string of the molecule is CCCC(N)CN1CCCN(C)CC1CC. The van der Waals surface area contributed by atoms with E-state index >= 15 is 0 Å². The van der Waals surface area contributed by atoms with Crippen molar-refractivity contribution in [3.05, 3.63) is 0 Å². The second-order valence-corrected chi connectivity index (χ2v) is 5.22. The fourth-order valence-corrected chi connectivity index (χ4v) is 2.68. The molecule has 0 aromatic heterocycles. The van der Waals surface area contributed by atoms with Crippen molar-refractivity contribution in [2.24, 2.45) is 5.73 Å². The summed E-state index contributed by atoms with van der Waals surface area (Å²) in [6.07, 6.45) is 4.88. The van der Waals surface area contributed by atoms with Gasteiger partial charge in [-0.15, -0.1) is 0 Å². The molecule has 1 aliphatic rings. The Bertz CT molecular complexity index is 184. The minimum Gasteiger partial charge on any atom is -0.327 e. The van der Waals surface area contributed by atoms with E-state index < -0.39 is 0 Å². The fraction of sp³-hybridized carbons (Fsp3) is 1.00. The molecule has 0 aromatic rings. The minimum absolute atomic E-state index is 0.363. The maximum absolute atomic E-state index is 6.16. The highest BCUT2D eigenvalue weighted by Gasteiger charge is 2.22. The fourth-order valence-electron chi connectivity index (χ4n) is 2.68. The van der Waals surface area contributed by atoms with Crippen molar-refractivity contribution in [1.82, 2.24) is 9.80 Å². The van der Waals surface area contributed by atoms with E-state index in [1.165, 1.54) is 38.9 Å². The second-order valence-electron chi connectivity index (χ2n) is 5.22. The number of rotatable bonds is 5. The van der Waals surface area contributed by atoms with Gasteiger partial charge in [-0.25, -0.2) is 0 Å². The van der Waals surface area contributed by atoms with E-state index in [1.54, 1.807) is 0 Å². The maximum atomic E-state index is 6.16. The lowest BCUT2D eigenvalue weighted by Crippen LogP contribution is -2.45. The van der Waals surface area contributed by atoms with Crippen LogP contribution in [0.2, 0.25) is 0 Å². The molecule has 3 nitrogen and oxygen atoms in total. The molecule has 0 aliphatic carbocycles. The normalized spacial score (nSPS) is 26.6. The first-order chi connectivity index (χ1) is 7.67. The van der Waals surface area contributed by atoms with Gasteiger partial charge in [-0.1, -0.05) is 20.3 Å². The molecule has 1 rings (SSSR count). The molecule has 0 aromatic carbocycles. The third-order valence-corrected chi connectivity index (χ3v) is 3.62. The first kappa shape index (κ1) is 13.9. The molecule has 0 bridgehead atoms. The van der Waals surface area contributed by atoms with Gasteiger partial charge in [0.15, 0.2) is 0 Å². The van der Waals surface area contributed by atoms with Crippen LogP contribution in [-0.2, 0) is 0 Å². The van der Waals surface area contributed by atoms with Gasteiger partial charge >= 0.3 is 0 Å². The summed E-state index contributed by atoms with van der Waals surface area (Å²) in [6, 6.07) is 1.07. The first-order valence-corrected chi connectivity index (χ1v) is 6.85. The lowest BCUT2D eigenvalue weighted by Gasteiger charge is -2.32. The van der Waals surface area contributed by atoms with E-state index in [4.69, 9.17) is 5.73 Å². The lowest BCUT2D eigenvalue weighted by atomic mass is 10.1. The Labute approximate surface area is 101 Å². The summed E-state index contributed by atoms with van der Waals surface area (Å²) < 4.78 is 0. The van der Waals surface area contributed by atoms with Crippen LogP contribution in [0.1, 0.15) is 39.5 Å². The van der Waals surface area contributed by atoms with Crippen LogP contribution in [0.3, 0.4) is 0 Å². The van der Waals surface area contributed by atoms with Crippen LogP contribution in [0.4, 0.5) is 0 Å². The molecule has 2 N–H and O–H groups in total. The second kappa shape index (κ2) is 7.25. The van der Waals surface area contributed by atoms with E-state index in [0.29, 0.717) is 12.1 Å². The molecule has 1 heterocycles. The standard InChI is InChI=1S/C13H29N3/c1-4-7-12(14)10-16-9-6-8-15(3)11-13(16)5-2/h12-13H,4-11,14H2,1-3H3. The minimum atomic E-state index is 0.363. The van der Waals surface area contributed by atoms with Crippen LogP contribution in [0, 0.1) is 0 Å². The summed E-state index contributed by atoms with van der Waals surface area (Å²) in [4.78, 5) is 5.07. The Kier molecular flexibility index (Phi) is 6.32. The summed E-state index contributed by atoms with van der Waals surface area (Å²) in [7, 11) is 2.23. The summed E-state index contributed by atoms with van der Waals surface area (Å²) in [5.74, 6) is 0. The molecule has 1 saturated heterocycles. The predicted molar refractivity (Wildman–Crippen MR) is 70.6 cm³/mol. The van der Waals surface area contributed by atoms with Crippen molar-refractivity contribution < 1.29 is 0 Å². The van der Waals surface area contributed by atoms with Gasteiger partial charge < -0.3 is 10.6 Å². The van der Waals surface area contributed by atoms with E-state index in [-0.39, 0.29) is 0 Å². The van der Waals surface area contributed by atoms with E-state index in [2.05, 4.69) is 30.7 Å². The van der Waals surface area contributed by atoms with Crippen LogP contribution in [0.15, 0.2) is 0 Å². The molecule has 1 aliphatic heterocycles. The van der Waals surface area contributed by atoms with Gasteiger partial charge in [0.25, 0.3) is 0 Å². The molecule has 2 unspecified atom stereocenters. The van der Waals surface area contributed by atoms with Gasteiger partial charge in [-0.05, 0) is 39.4 Å². The average Bonchev–Trinajstić information content (AvgIpc) is 2.41. The van der Waals surface area contributed by atoms with Crippen LogP contribution >= 0.6 is 0 Å². The Hall–Kier alpha value is -0.120.